The van der Waals surface area contributed by atoms with E-state index in [9.17, 15) is 28.8 Å². The van der Waals surface area contributed by atoms with Crippen molar-refractivity contribution < 1.29 is 76.1 Å². The molecule has 0 saturated carbocycles. The molecule has 7 amide bonds. The highest BCUT2D eigenvalue weighted by Crippen LogP contribution is 2.38. The number of piperidine rings is 1. The number of unbranched alkanes of at least 4 members (excludes halogenated alkanes) is 5. The monoisotopic (exact) mass is 1530 g/mol. The van der Waals surface area contributed by atoms with Crippen LogP contribution in [0.15, 0.2) is 65.1 Å². The summed E-state index contributed by atoms with van der Waals surface area (Å²) in [5.41, 5.74) is 1.78. The van der Waals surface area contributed by atoms with Gasteiger partial charge in [-0.05, 0) is 149 Å². The molecule has 0 aliphatic carbocycles. The lowest BCUT2D eigenvalue weighted by molar-refractivity contribution is -0.128. The number of benzene rings is 3. The fourth-order valence-electron chi connectivity index (χ4n) is 12.1. The van der Waals surface area contributed by atoms with Crippen LogP contribution < -0.4 is 56.7 Å². The normalized spacial score (nSPS) is 17.2. The first kappa shape index (κ1) is 84.4. The van der Waals surface area contributed by atoms with Crippen molar-refractivity contribution in [2.45, 2.75) is 171 Å². The SMILES string of the molecule is COc1cc(C=CC(=O)NC(Cc2ccc(OCc3c(Cl)cccc3Cl)cc2)C(=O)NC2CC(C)(C)NC(C)(C)C2)cc(Br)c1OCCOCCOCCOCCOCCOCCOCCOCCNC(=O)CCCCCNC(=O)CCCCCNC(=O)CCCCC1SCC2NC(=O)N[C@@H]21. The van der Waals surface area contributed by atoms with E-state index < -0.39 is 11.9 Å². The third kappa shape index (κ3) is 34.8. The van der Waals surface area contributed by atoms with Crippen molar-refractivity contribution in [2.24, 2.45) is 0 Å². The van der Waals surface area contributed by atoms with Crippen molar-refractivity contribution in [1.29, 1.82) is 0 Å². The fourth-order valence-corrected chi connectivity index (χ4v) is 14.8. The van der Waals surface area contributed by atoms with Gasteiger partial charge in [-0.15, -0.1) is 0 Å². The number of rotatable bonds is 53. The maximum Gasteiger partial charge on any atom is 0.315 e. The van der Waals surface area contributed by atoms with Crippen LogP contribution in [0.4, 0.5) is 4.79 Å². The number of methoxy groups -OCH3 is 1. The van der Waals surface area contributed by atoms with Gasteiger partial charge in [-0.1, -0.05) is 60.7 Å². The molecule has 28 heteroatoms. The molecule has 0 radical (unpaired) electrons. The maximum absolute atomic E-state index is 14.1. The largest absolute Gasteiger partial charge is 0.493 e. The van der Waals surface area contributed by atoms with Crippen LogP contribution in [0.1, 0.15) is 134 Å². The van der Waals surface area contributed by atoms with Crippen molar-refractivity contribution in [3.63, 3.8) is 0 Å². The number of nitrogens with one attached hydrogen (secondary N) is 8. The first-order valence-electron chi connectivity index (χ1n) is 35.5. The zero-order valence-electron chi connectivity index (χ0n) is 59.6. The predicted molar refractivity (Wildman–Crippen MR) is 396 cm³/mol. The second-order valence-electron chi connectivity index (χ2n) is 26.4. The predicted octanol–water partition coefficient (Wildman–Crippen LogP) is 9.20. The minimum Gasteiger partial charge on any atom is -0.493 e. The molecule has 101 heavy (non-hydrogen) atoms. The van der Waals surface area contributed by atoms with E-state index in [0.29, 0.717) is 180 Å². The van der Waals surface area contributed by atoms with Gasteiger partial charge in [0.25, 0.3) is 0 Å². The van der Waals surface area contributed by atoms with E-state index in [-0.39, 0.29) is 78.5 Å². The molecule has 3 aliphatic heterocycles. The third-order valence-corrected chi connectivity index (χ3v) is 19.6. The Hall–Kier alpha value is -5.49. The first-order chi connectivity index (χ1) is 48.8. The van der Waals surface area contributed by atoms with Gasteiger partial charge in [0.15, 0.2) is 11.5 Å². The number of carbonyl (C=O) groups excluding carboxylic acids is 6. The average molecular weight is 1540 g/mol. The lowest BCUT2D eigenvalue weighted by atomic mass is 9.79. The van der Waals surface area contributed by atoms with E-state index >= 15 is 0 Å². The summed E-state index contributed by atoms with van der Waals surface area (Å²) < 4.78 is 57.5. The summed E-state index contributed by atoms with van der Waals surface area (Å²) in [6.07, 6.45) is 13.8. The van der Waals surface area contributed by atoms with Gasteiger partial charge in [-0.2, -0.15) is 11.8 Å². The summed E-state index contributed by atoms with van der Waals surface area (Å²) in [4.78, 5) is 75.8. The van der Waals surface area contributed by atoms with Crippen LogP contribution in [-0.2, 0) is 70.2 Å². The summed E-state index contributed by atoms with van der Waals surface area (Å²) >= 11 is 18.2. The van der Waals surface area contributed by atoms with Crippen molar-refractivity contribution in [1.82, 2.24) is 42.5 Å². The molecular formula is C73H109BrCl2N8O16S. The lowest BCUT2D eigenvalue weighted by Gasteiger charge is -2.46. The number of thioether (sulfide) groups is 1. The van der Waals surface area contributed by atoms with Gasteiger partial charge in [0.2, 0.25) is 29.5 Å². The Morgan fingerprint density at radius 3 is 1.69 bits per heavy atom. The van der Waals surface area contributed by atoms with E-state index in [1.54, 1.807) is 30.3 Å². The third-order valence-electron chi connectivity index (χ3n) is 16.8. The molecule has 3 aromatic carbocycles. The summed E-state index contributed by atoms with van der Waals surface area (Å²) in [6.45, 7) is 16.3. The van der Waals surface area contributed by atoms with Gasteiger partial charge in [-0.25, -0.2) is 4.79 Å². The quantitative estimate of drug-likeness (QED) is 0.0148. The van der Waals surface area contributed by atoms with Crippen LogP contribution in [0.3, 0.4) is 0 Å². The second kappa shape index (κ2) is 47.8. The number of urea groups is 1. The summed E-state index contributed by atoms with van der Waals surface area (Å²) in [5.74, 6) is 1.84. The summed E-state index contributed by atoms with van der Waals surface area (Å²) in [5, 5.41) is 26.1. The average Bonchev–Trinajstić information content (AvgIpc) is 1.77. The summed E-state index contributed by atoms with van der Waals surface area (Å²) in [6, 6.07) is 15.6. The molecule has 8 N–H and O–H groups in total. The zero-order chi connectivity index (χ0) is 72.5. The van der Waals surface area contributed by atoms with E-state index in [1.807, 2.05) is 42.1 Å². The minimum atomic E-state index is -0.879. The smallest absolute Gasteiger partial charge is 0.315 e. The molecule has 3 fully saturated rings. The van der Waals surface area contributed by atoms with E-state index in [2.05, 4.69) is 86.2 Å². The molecule has 0 spiro atoms. The summed E-state index contributed by atoms with van der Waals surface area (Å²) in [7, 11) is 1.54. The zero-order valence-corrected chi connectivity index (χ0v) is 63.5. The molecular weight excluding hydrogens is 1430 g/mol. The van der Waals surface area contributed by atoms with E-state index in [0.717, 1.165) is 81.9 Å². The fraction of sp³-hybridized carbons (Fsp3) is 0.644. The molecule has 0 aromatic heterocycles. The van der Waals surface area contributed by atoms with Crippen molar-refractivity contribution in [2.75, 3.05) is 132 Å². The second-order valence-corrected chi connectivity index (χ2v) is 29.4. The van der Waals surface area contributed by atoms with Gasteiger partial charge in [0.05, 0.1) is 116 Å². The number of amides is 7. The van der Waals surface area contributed by atoms with Gasteiger partial charge >= 0.3 is 6.03 Å². The van der Waals surface area contributed by atoms with Crippen LogP contribution >= 0.6 is 50.9 Å². The number of fused-ring (bicyclic) bond motifs is 1. The Bertz CT molecular complexity index is 2980. The topological polar surface area (TPSA) is 291 Å². The minimum absolute atomic E-state index is 0.0189. The standard InChI is InChI=1S/C73H109BrCl2N8O16S/c1-72(2)48-54(49-73(3,4)84-72)80-70(89)60(46-52-21-24-55(25-22-52)100-50-56-58(75)15-14-16-59(56)76)81-67(88)26-23-53-45-57(74)69(62(47-53)91-5)99-44-43-98-42-41-97-40-39-96-38-37-95-36-35-94-34-33-93-32-31-92-30-29-79-66(87)19-9-7-13-27-77-64(85)18-8-6-12-28-78-65(86)20-11-10-17-63-68-61(51-101-63)82-71(90)83-68/h14-16,21-26,45,47,54,60-61,63,68,84H,6-13,17-20,27-44,46,48-51H2,1-5H3,(H,77,85)(H,78,86)(H,79,87)(H,80,89)(H,81,88)(H2,82,83,90)/t60?,61?,63?,68-/m0/s1. The number of carbonyl (C=O) groups is 6. The Kier molecular flexibility index (Phi) is 40.0. The number of hydrogen-bond acceptors (Lipinski definition) is 18. The van der Waals surface area contributed by atoms with E-state index in [1.165, 1.54) is 13.2 Å². The highest BCUT2D eigenvalue weighted by Gasteiger charge is 2.43. The van der Waals surface area contributed by atoms with Crippen molar-refractivity contribution in [3.05, 3.63) is 91.9 Å². The molecule has 3 saturated heterocycles. The Balaban J connectivity index is 0.684. The molecule has 4 atom stereocenters. The number of halogens is 3. The molecule has 0 bridgehead atoms. The number of hydrogen-bond donors (Lipinski definition) is 8. The molecule has 3 aliphatic rings. The molecule has 3 unspecified atom stereocenters. The Morgan fingerprint density at radius 2 is 1.15 bits per heavy atom. The number of ether oxygens (including phenoxy) is 10. The Labute approximate surface area is 619 Å². The highest BCUT2D eigenvalue weighted by molar-refractivity contribution is 9.10. The lowest BCUT2D eigenvalue weighted by Crippen LogP contribution is -2.63. The first-order valence-corrected chi connectivity index (χ1v) is 38.1. The van der Waals surface area contributed by atoms with Crippen LogP contribution in [0.2, 0.25) is 10.0 Å². The van der Waals surface area contributed by atoms with Gasteiger partial charge < -0.3 is 89.9 Å². The molecule has 6 rings (SSSR count). The van der Waals surface area contributed by atoms with Gasteiger partial charge in [-0.3, -0.25) is 24.0 Å². The maximum atomic E-state index is 14.1. The highest BCUT2D eigenvalue weighted by atomic mass is 79.9. The van der Waals surface area contributed by atoms with Crippen LogP contribution in [0.5, 0.6) is 17.2 Å². The van der Waals surface area contributed by atoms with Gasteiger partial charge in [0, 0.05) is 95.1 Å². The van der Waals surface area contributed by atoms with Crippen LogP contribution in [0, 0.1) is 0 Å². The molecule has 24 nitrogen and oxygen atoms in total. The molecule has 3 heterocycles. The van der Waals surface area contributed by atoms with E-state index in [4.69, 9.17) is 70.6 Å². The van der Waals surface area contributed by atoms with Crippen molar-refractivity contribution >= 4 is 92.5 Å². The molecule has 564 valence electrons. The molecule has 3 aromatic rings. The van der Waals surface area contributed by atoms with Gasteiger partial charge in [0.1, 0.15) is 25.0 Å². The van der Waals surface area contributed by atoms with Crippen LogP contribution in [0.25, 0.3) is 6.08 Å². The Morgan fingerprint density at radius 1 is 0.634 bits per heavy atom. The van der Waals surface area contributed by atoms with Crippen LogP contribution in [-0.4, -0.2) is 208 Å². The van der Waals surface area contributed by atoms with Crippen molar-refractivity contribution in [3.8, 4) is 17.2 Å².